The fourth-order valence-electron chi connectivity index (χ4n) is 1.45. The standard InChI is InChI=1S/C12H9N3O5/c1-7-5-13-12(14-6-7)20-8-2-3-10(15(18)19)9(4-8)11(16)17/h2-6H,1H3,(H,16,17). The van der Waals surface area contributed by atoms with E-state index in [1.54, 1.807) is 6.92 Å². The van der Waals surface area contributed by atoms with Gasteiger partial charge in [0.2, 0.25) is 0 Å². The summed E-state index contributed by atoms with van der Waals surface area (Å²) in [4.78, 5) is 28.7. The van der Waals surface area contributed by atoms with Crippen molar-refractivity contribution in [2.45, 2.75) is 6.92 Å². The summed E-state index contributed by atoms with van der Waals surface area (Å²) in [6.07, 6.45) is 3.07. The quantitative estimate of drug-likeness (QED) is 0.671. The molecule has 0 unspecified atom stereocenters. The zero-order valence-corrected chi connectivity index (χ0v) is 10.3. The molecule has 0 aliphatic heterocycles. The van der Waals surface area contributed by atoms with Crippen LogP contribution in [0.2, 0.25) is 0 Å². The van der Waals surface area contributed by atoms with Crippen LogP contribution in [0.3, 0.4) is 0 Å². The topological polar surface area (TPSA) is 115 Å². The number of carbonyl (C=O) groups is 1. The first-order valence-corrected chi connectivity index (χ1v) is 5.45. The molecule has 1 heterocycles. The number of rotatable bonds is 4. The van der Waals surface area contributed by atoms with Gasteiger partial charge in [0.15, 0.2) is 0 Å². The van der Waals surface area contributed by atoms with Crippen molar-refractivity contribution >= 4 is 11.7 Å². The lowest BCUT2D eigenvalue weighted by Gasteiger charge is -2.05. The van der Waals surface area contributed by atoms with Crippen molar-refractivity contribution in [1.82, 2.24) is 9.97 Å². The van der Waals surface area contributed by atoms with Gasteiger partial charge in [-0.25, -0.2) is 14.8 Å². The molecule has 0 amide bonds. The first-order valence-electron chi connectivity index (χ1n) is 5.45. The number of carboxylic acid groups (broad SMARTS) is 1. The summed E-state index contributed by atoms with van der Waals surface area (Å²) in [5.41, 5.74) is -0.124. The number of aromatic nitrogens is 2. The number of nitro groups is 1. The lowest BCUT2D eigenvalue weighted by Crippen LogP contribution is -2.03. The lowest BCUT2D eigenvalue weighted by atomic mass is 10.2. The van der Waals surface area contributed by atoms with Crippen LogP contribution < -0.4 is 4.74 Å². The van der Waals surface area contributed by atoms with E-state index in [-0.39, 0.29) is 11.8 Å². The SMILES string of the molecule is Cc1cnc(Oc2ccc([N+](=O)[O-])c(C(=O)O)c2)nc1. The van der Waals surface area contributed by atoms with E-state index in [0.717, 1.165) is 17.7 Å². The molecule has 0 bridgehead atoms. The summed E-state index contributed by atoms with van der Waals surface area (Å²) in [6.45, 7) is 1.80. The largest absolute Gasteiger partial charge is 0.477 e. The Morgan fingerprint density at radius 2 is 2.00 bits per heavy atom. The van der Waals surface area contributed by atoms with E-state index in [1.165, 1.54) is 18.5 Å². The smallest absolute Gasteiger partial charge is 0.342 e. The fraction of sp³-hybridized carbons (Fsp3) is 0.0833. The Bertz CT molecular complexity index is 669. The molecular weight excluding hydrogens is 266 g/mol. The van der Waals surface area contributed by atoms with Crippen LogP contribution in [0, 0.1) is 17.0 Å². The molecule has 0 spiro atoms. The molecule has 0 fully saturated rings. The lowest BCUT2D eigenvalue weighted by molar-refractivity contribution is -0.385. The van der Waals surface area contributed by atoms with Crippen LogP contribution >= 0.6 is 0 Å². The molecule has 0 radical (unpaired) electrons. The van der Waals surface area contributed by atoms with E-state index in [4.69, 9.17) is 9.84 Å². The number of nitrogens with zero attached hydrogens (tertiary/aromatic N) is 3. The van der Waals surface area contributed by atoms with Gasteiger partial charge in [-0.15, -0.1) is 0 Å². The average Bonchev–Trinajstić information content (AvgIpc) is 2.41. The maximum Gasteiger partial charge on any atom is 0.342 e. The minimum absolute atomic E-state index is 0.0285. The molecule has 0 saturated heterocycles. The molecule has 1 aromatic carbocycles. The fourth-order valence-corrected chi connectivity index (χ4v) is 1.45. The molecule has 0 aliphatic carbocycles. The van der Waals surface area contributed by atoms with Crippen LogP contribution in [0.1, 0.15) is 15.9 Å². The molecule has 0 atom stereocenters. The molecule has 20 heavy (non-hydrogen) atoms. The summed E-state index contributed by atoms with van der Waals surface area (Å²) in [5, 5.41) is 19.7. The third-order valence-electron chi connectivity index (χ3n) is 2.36. The van der Waals surface area contributed by atoms with Crippen LogP contribution in [0.25, 0.3) is 0 Å². The highest BCUT2D eigenvalue weighted by Crippen LogP contribution is 2.26. The monoisotopic (exact) mass is 275 g/mol. The summed E-state index contributed by atoms with van der Waals surface area (Å²) in [5.74, 6) is -1.30. The molecule has 2 aromatic rings. The summed E-state index contributed by atoms with van der Waals surface area (Å²) in [6, 6.07) is 3.44. The Kier molecular flexibility index (Phi) is 3.56. The van der Waals surface area contributed by atoms with Crippen molar-refractivity contribution in [3.8, 4) is 11.8 Å². The van der Waals surface area contributed by atoms with Gasteiger partial charge in [-0.1, -0.05) is 0 Å². The minimum Gasteiger partial charge on any atom is -0.477 e. The van der Waals surface area contributed by atoms with Gasteiger partial charge in [-0.3, -0.25) is 10.1 Å². The number of ether oxygens (including phenoxy) is 1. The van der Waals surface area contributed by atoms with Crippen molar-refractivity contribution in [3.63, 3.8) is 0 Å². The number of aromatic carboxylic acids is 1. The molecule has 8 nitrogen and oxygen atoms in total. The van der Waals surface area contributed by atoms with Crippen LogP contribution in [0.5, 0.6) is 11.8 Å². The average molecular weight is 275 g/mol. The number of aryl methyl sites for hydroxylation is 1. The predicted octanol–water partition coefficient (Wildman–Crippen LogP) is 2.18. The van der Waals surface area contributed by atoms with Crippen molar-refractivity contribution in [3.05, 3.63) is 51.8 Å². The van der Waals surface area contributed by atoms with Gasteiger partial charge in [-0.05, 0) is 18.6 Å². The van der Waals surface area contributed by atoms with Gasteiger partial charge in [0.25, 0.3) is 5.69 Å². The van der Waals surface area contributed by atoms with Gasteiger partial charge in [0, 0.05) is 24.5 Å². The van der Waals surface area contributed by atoms with Crippen LogP contribution in [-0.2, 0) is 0 Å². The van der Waals surface area contributed by atoms with E-state index < -0.39 is 22.1 Å². The van der Waals surface area contributed by atoms with Crippen molar-refractivity contribution < 1.29 is 19.6 Å². The zero-order chi connectivity index (χ0) is 14.7. The number of carboxylic acids is 1. The molecule has 1 N–H and O–H groups in total. The van der Waals surface area contributed by atoms with Crippen molar-refractivity contribution in [2.75, 3.05) is 0 Å². The first-order chi connectivity index (χ1) is 9.47. The van der Waals surface area contributed by atoms with Gasteiger partial charge in [0.1, 0.15) is 11.3 Å². The predicted molar refractivity (Wildman–Crippen MR) is 66.9 cm³/mol. The molecule has 0 saturated carbocycles. The number of hydrogen-bond acceptors (Lipinski definition) is 6. The third-order valence-corrected chi connectivity index (χ3v) is 2.36. The highest BCUT2D eigenvalue weighted by atomic mass is 16.6. The maximum atomic E-state index is 11.0. The van der Waals surface area contributed by atoms with Crippen LogP contribution in [0.15, 0.2) is 30.6 Å². The van der Waals surface area contributed by atoms with E-state index in [2.05, 4.69) is 9.97 Å². The second-order valence-corrected chi connectivity index (χ2v) is 3.89. The second-order valence-electron chi connectivity index (χ2n) is 3.89. The molecule has 1 aromatic heterocycles. The Balaban J connectivity index is 2.34. The highest BCUT2D eigenvalue weighted by Gasteiger charge is 2.20. The molecular formula is C12H9N3O5. The third kappa shape index (κ3) is 2.86. The molecule has 102 valence electrons. The minimum atomic E-state index is -1.41. The van der Waals surface area contributed by atoms with E-state index in [9.17, 15) is 14.9 Å². The van der Waals surface area contributed by atoms with E-state index >= 15 is 0 Å². The number of benzene rings is 1. The van der Waals surface area contributed by atoms with E-state index in [1.807, 2.05) is 0 Å². The summed E-state index contributed by atoms with van der Waals surface area (Å²) >= 11 is 0. The Morgan fingerprint density at radius 3 is 2.55 bits per heavy atom. The Morgan fingerprint density at radius 1 is 1.35 bits per heavy atom. The summed E-state index contributed by atoms with van der Waals surface area (Å²) in [7, 11) is 0. The van der Waals surface area contributed by atoms with Gasteiger partial charge in [-0.2, -0.15) is 0 Å². The van der Waals surface area contributed by atoms with Gasteiger partial charge in [0.05, 0.1) is 4.92 Å². The van der Waals surface area contributed by atoms with Crippen molar-refractivity contribution in [1.29, 1.82) is 0 Å². The summed E-state index contributed by atoms with van der Waals surface area (Å²) < 4.78 is 5.25. The van der Waals surface area contributed by atoms with E-state index in [0.29, 0.717) is 0 Å². The molecule has 8 heteroatoms. The highest BCUT2D eigenvalue weighted by molar-refractivity contribution is 5.92. The normalized spacial score (nSPS) is 10.1. The second kappa shape index (κ2) is 5.31. The first kappa shape index (κ1) is 13.4. The molecule has 2 rings (SSSR count). The zero-order valence-electron chi connectivity index (χ0n) is 10.3. The van der Waals surface area contributed by atoms with Crippen LogP contribution in [-0.4, -0.2) is 26.0 Å². The number of nitro benzene ring substituents is 1. The Hall–Kier alpha value is -3.03. The van der Waals surface area contributed by atoms with Crippen molar-refractivity contribution in [2.24, 2.45) is 0 Å². The number of hydrogen-bond donors (Lipinski definition) is 1. The van der Waals surface area contributed by atoms with Gasteiger partial charge >= 0.3 is 12.0 Å². The van der Waals surface area contributed by atoms with Gasteiger partial charge < -0.3 is 9.84 Å². The molecule has 0 aliphatic rings. The Labute approximate surface area is 112 Å². The van der Waals surface area contributed by atoms with Crippen LogP contribution in [0.4, 0.5) is 5.69 Å². The maximum absolute atomic E-state index is 11.0.